The number of esters is 2. The van der Waals surface area contributed by atoms with E-state index in [1.54, 1.807) is 31.4 Å². The van der Waals surface area contributed by atoms with Gasteiger partial charge in [0.05, 0.1) is 24.3 Å². The summed E-state index contributed by atoms with van der Waals surface area (Å²) in [6.45, 7) is 10.3. The lowest BCUT2D eigenvalue weighted by Gasteiger charge is -1.98. The summed E-state index contributed by atoms with van der Waals surface area (Å²) < 4.78 is 9.38. The standard InChI is InChI=1S/C13H13NO2S.C11H8O2S.C8H8O.C5H7NO2/c1-2-16-13(15)10-8-11(17-12(10)14)9-6-4-3-5-7-9;12-11(13)9-6-10(14-7-9)8-4-2-1-3-5-8;9-7-6-8-4-2-1-3-5-8;1-3-8-5(7)4-6-2/h3-8H,2,14H2,1H3;1-7H,(H,12,13);1-5,7H,6H2;3-4H2,1H3. The van der Waals surface area contributed by atoms with Crippen LogP contribution in [0.2, 0.25) is 0 Å². The van der Waals surface area contributed by atoms with E-state index in [1.165, 1.54) is 22.7 Å². The van der Waals surface area contributed by atoms with E-state index in [4.69, 9.17) is 22.1 Å². The molecule has 11 heteroatoms. The molecular weight excluding hydrogens is 649 g/mol. The first kappa shape index (κ1) is 38.6. The first-order valence-corrected chi connectivity index (χ1v) is 16.4. The molecule has 0 saturated carbocycles. The number of nitrogens with two attached hydrogens (primary N) is 1. The molecule has 2 heterocycles. The Morgan fingerprint density at radius 3 is 1.85 bits per heavy atom. The van der Waals surface area contributed by atoms with Gasteiger partial charge in [-0.3, -0.25) is 0 Å². The van der Waals surface area contributed by atoms with Crippen molar-refractivity contribution in [3.63, 3.8) is 0 Å². The molecular formula is C37H36N2O7S2. The molecule has 0 aliphatic carbocycles. The van der Waals surface area contributed by atoms with E-state index in [0.29, 0.717) is 35.8 Å². The fourth-order valence-corrected chi connectivity index (χ4v) is 5.51. The van der Waals surface area contributed by atoms with E-state index >= 15 is 0 Å². The molecule has 0 radical (unpaired) electrons. The minimum absolute atomic E-state index is 0.159. The molecule has 0 saturated heterocycles. The zero-order chi connectivity index (χ0) is 35.1. The zero-order valence-electron chi connectivity index (χ0n) is 26.5. The number of carbonyl (C=O) groups is 4. The van der Waals surface area contributed by atoms with Crippen LogP contribution < -0.4 is 5.73 Å². The number of thiophene rings is 2. The highest BCUT2D eigenvalue weighted by Crippen LogP contribution is 2.33. The lowest BCUT2D eigenvalue weighted by Crippen LogP contribution is -2.05. The van der Waals surface area contributed by atoms with Gasteiger partial charge in [0.25, 0.3) is 0 Å². The molecule has 248 valence electrons. The number of aromatic carboxylic acids is 1. The molecule has 48 heavy (non-hydrogen) atoms. The summed E-state index contributed by atoms with van der Waals surface area (Å²) in [6.07, 6.45) is 1.44. The van der Waals surface area contributed by atoms with Crippen molar-refractivity contribution in [3.05, 3.63) is 137 Å². The van der Waals surface area contributed by atoms with Crippen LogP contribution in [0.3, 0.4) is 0 Å². The topological polar surface area (TPSA) is 137 Å². The molecule has 0 aliphatic rings. The van der Waals surface area contributed by atoms with Crippen molar-refractivity contribution in [1.82, 2.24) is 0 Å². The zero-order valence-corrected chi connectivity index (χ0v) is 28.2. The van der Waals surface area contributed by atoms with Crippen molar-refractivity contribution in [2.45, 2.75) is 20.3 Å². The van der Waals surface area contributed by atoms with Gasteiger partial charge in [-0.15, -0.1) is 22.7 Å². The van der Waals surface area contributed by atoms with Gasteiger partial charge in [0, 0.05) is 21.6 Å². The van der Waals surface area contributed by atoms with Crippen LogP contribution >= 0.6 is 22.7 Å². The number of hydrogen-bond donors (Lipinski definition) is 2. The number of nitrogen functional groups attached to an aromatic ring is 1. The summed E-state index contributed by atoms with van der Waals surface area (Å²) in [4.78, 5) is 47.2. The third-order valence-corrected chi connectivity index (χ3v) is 7.89. The van der Waals surface area contributed by atoms with Crippen molar-refractivity contribution in [2.75, 3.05) is 25.5 Å². The number of carbonyl (C=O) groups excluding carboxylic acids is 3. The lowest BCUT2D eigenvalue weighted by molar-refractivity contribution is -0.140. The van der Waals surface area contributed by atoms with Gasteiger partial charge in [0.15, 0.2) is 0 Å². The molecule has 5 rings (SSSR count). The summed E-state index contributed by atoms with van der Waals surface area (Å²) >= 11 is 2.85. The van der Waals surface area contributed by atoms with E-state index < -0.39 is 11.9 Å². The number of carboxylic acid groups (broad SMARTS) is 1. The Hall–Kier alpha value is -5.57. The lowest BCUT2D eigenvalue weighted by atomic mass is 10.1. The average molecular weight is 685 g/mol. The molecule has 0 bridgehead atoms. The van der Waals surface area contributed by atoms with E-state index in [-0.39, 0.29) is 12.5 Å². The van der Waals surface area contributed by atoms with E-state index in [9.17, 15) is 19.2 Å². The summed E-state index contributed by atoms with van der Waals surface area (Å²) in [7, 11) is 0. The Morgan fingerprint density at radius 2 is 1.38 bits per heavy atom. The molecule has 9 nitrogen and oxygen atoms in total. The van der Waals surface area contributed by atoms with Crippen LogP contribution in [0, 0.1) is 6.57 Å². The number of nitrogens with zero attached hydrogens (tertiary/aromatic N) is 1. The predicted molar refractivity (Wildman–Crippen MR) is 191 cm³/mol. The number of aldehydes is 1. The van der Waals surface area contributed by atoms with Gasteiger partial charge in [0.2, 0.25) is 0 Å². The second-order valence-electron chi connectivity index (χ2n) is 9.32. The Kier molecular flexibility index (Phi) is 17.7. The molecule has 0 atom stereocenters. The van der Waals surface area contributed by atoms with E-state index in [0.717, 1.165) is 32.7 Å². The molecule has 2 aromatic heterocycles. The van der Waals surface area contributed by atoms with Gasteiger partial charge in [-0.25, -0.2) is 21.0 Å². The summed E-state index contributed by atoms with van der Waals surface area (Å²) in [5, 5.41) is 10.9. The number of rotatable bonds is 9. The van der Waals surface area contributed by atoms with Gasteiger partial charge >= 0.3 is 24.5 Å². The molecule has 0 fully saturated rings. The summed E-state index contributed by atoms with van der Waals surface area (Å²) in [6, 6.07) is 32.7. The van der Waals surface area contributed by atoms with Crippen LogP contribution in [0.1, 0.15) is 40.1 Å². The number of benzene rings is 3. The normalized spacial score (nSPS) is 9.44. The number of ether oxygens (including phenoxy) is 2. The summed E-state index contributed by atoms with van der Waals surface area (Å²) in [5.41, 5.74) is 9.83. The maximum atomic E-state index is 11.6. The van der Waals surface area contributed by atoms with Crippen molar-refractivity contribution in [1.29, 1.82) is 0 Å². The number of anilines is 1. The van der Waals surface area contributed by atoms with Gasteiger partial charge in [-0.05, 0) is 42.7 Å². The third-order valence-electron chi connectivity index (χ3n) is 5.89. The van der Waals surface area contributed by atoms with Gasteiger partial charge in [-0.1, -0.05) is 91.0 Å². The molecule has 0 aliphatic heterocycles. The molecule has 0 unspecified atom stereocenters. The Bertz CT molecular complexity index is 1750. The highest BCUT2D eigenvalue weighted by molar-refractivity contribution is 7.19. The Morgan fingerprint density at radius 1 is 0.833 bits per heavy atom. The number of hydrogen-bond acceptors (Lipinski definition) is 9. The average Bonchev–Trinajstić information content (AvgIpc) is 3.76. The quantitative estimate of drug-likeness (QED) is 0.0901. The predicted octanol–water partition coefficient (Wildman–Crippen LogP) is 8.18. The van der Waals surface area contributed by atoms with Crippen LogP contribution in [0.25, 0.3) is 25.7 Å². The molecule has 3 aromatic carbocycles. The summed E-state index contributed by atoms with van der Waals surface area (Å²) in [5.74, 6) is -1.67. The smallest absolute Gasteiger partial charge is 0.387 e. The van der Waals surface area contributed by atoms with E-state index in [2.05, 4.69) is 9.58 Å². The van der Waals surface area contributed by atoms with Crippen LogP contribution in [-0.4, -0.2) is 49.1 Å². The minimum Gasteiger partial charge on any atom is -0.478 e. The first-order chi connectivity index (χ1) is 23.2. The molecule has 0 amide bonds. The van der Waals surface area contributed by atoms with Crippen LogP contribution in [0.4, 0.5) is 5.00 Å². The second-order valence-corrected chi connectivity index (χ2v) is 11.3. The highest BCUT2D eigenvalue weighted by atomic mass is 32.1. The van der Waals surface area contributed by atoms with E-state index in [1.807, 2.05) is 91.0 Å². The van der Waals surface area contributed by atoms with Gasteiger partial charge < -0.3 is 30.0 Å². The second kappa shape index (κ2) is 22.0. The fraction of sp³-hybridized carbons (Fsp3) is 0.162. The van der Waals surface area contributed by atoms with Crippen LogP contribution in [-0.2, 0) is 25.5 Å². The third kappa shape index (κ3) is 13.8. The minimum atomic E-state index is -0.872. The highest BCUT2D eigenvalue weighted by Gasteiger charge is 2.15. The molecule has 0 spiro atoms. The largest absolute Gasteiger partial charge is 0.478 e. The van der Waals surface area contributed by atoms with Crippen molar-refractivity contribution in [3.8, 4) is 20.9 Å². The molecule has 5 aromatic rings. The van der Waals surface area contributed by atoms with Crippen molar-refractivity contribution >= 4 is 51.9 Å². The monoisotopic (exact) mass is 684 g/mol. The van der Waals surface area contributed by atoms with Gasteiger partial charge in [0.1, 0.15) is 11.3 Å². The maximum absolute atomic E-state index is 11.6. The maximum Gasteiger partial charge on any atom is 0.387 e. The van der Waals surface area contributed by atoms with Crippen molar-refractivity contribution < 1.29 is 33.8 Å². The SMILES string of the molecule is CCOC(=O)c1cc(-c2ccccc2)sc1N.O=C(O)c1csc(-c2ccccc2)c1.O=CCc1ccccc1.[C-]#[N+]CC(=O)OCC. The Balaban J connectivity index is 0.000000233. The fourth-order valence-electron chi connectivity index (χ4n) is 3.70. The Labute approximate surface area is 288 Å². The van der Waals surface area contributed by atoms with Crippen LogP contribution in [0.15, 0.2) is 109 Å². The first-order valence-electron chi connectivity index (χ1n) is 14.7. The van der Waals surface area contributed by atoms with Crippen LogP contribution in [0.5, 0.6) is 0 Å². The number of carboxylic acids is 1. The van der Waals surface area contributed by atoms with Gasteiger partial charge in [-0.2, -0.15) is 0 Å². The molecule has 3 N–H and O–H groups in total. The van der Waals surface area contributed by atoms with Crippen molar-refractivity contribution in [2.24, 2.45) is 0 Å².